The van der Waals surface area contributed by atoms with Gasteiger partial charge in [0, 0.05) is 25.2 Å². The Hall–Kier alpha value is -1.15. The van der Waals surface area contributed by atoms with E-state index in [9.17, 15) is 4.79 Å². The molecular formula is C14H18O2. The summed E-state index contributed by atoms with van der Waals surface area (Å²) in [4.78, 5) is 12.0. The Labute approximate surface area is 96.6 Å². The van der Waals surface area contributed by atoms with Gasteiger partial charge >= 0.3 is 0 Å². The van der Waals surface area contributed by atoms with Gasteiger partial charge in [-0.25, -0.2) is 0 Å². The van der Waals surface area contributed by atoms with E-state index in [4.69, 9.17) is 4.74 Å². The number of carbonyl (C=O) groups excluding carboxylic acids is 1. The molecule has 0 aliphatic carbocycles. The molecule has 0 saturated carbocycles. The van der Waals surface area contributed by atoms with Crippen molar-refractivity contribution in [3.05, 3.63) is 35.4 Å². The first-order chi connectivity index (χ1) is 7.75. The zero-order chi connectivity index (χ0) is 11.4. The Kier molecular flexibility index (Phi) is 3.73. The molecule has 86 valence electrons. The topological polar surface area (TPSA) is 26.3 Å². The summed E-state index contributed by atoms with van der Waals surface area (Å²) >= 11 is 0. The molecule has 1 aliphatic rings. The van der Waals surface area contributed by atoms with Crippen LogP contribution in [-0.4, -0.2) is 19.0 Å². The first kappa shape index (κ1) is 11.3. The molecule has 1 aromatic carbocycles. The second-order valence-corrected chi connectivity index (χ2v) is 4.55. The quantitative estimate of drug-likeness (QED) is 0.729. The number of rotatable bonds is 3. The van der Waals surface area contributed by atoms with Crippen LogP contribution in [0.15, 0.2) is 24.3 Å². The predicted molar refractivity (Wildman–Crippen MR) is 63.7 cm³/mol. The van der Waals surface area contributed by atoms with Gasteiger partial charge in [0.2, 0.25) is 0 Å². The second-order valence-electron chi connectivity index (χ2n) is 4.55. The van der Waals surface area contributed by atoms with E-state index in [1.807, 2.05) is 31.2 Å². The summed E-state index contributed by atoms with van der Waals surface area (Å²) in [6.45, 7) is 3.66. The number of hydrogen-bond donors (Lipinski definition) is 0. The standard InChI is InChI=1S/C14H18O2/c1-11-2-4-13(5-3-11)14(15)10-12-6-8-16-9-7-12/h2-5,12H,6-10H2,1H3. The van der Waals surface area contributed by atoms with Gasteiger partial charge in [-0.3, -0.25) is 4.79 Å². The number of hydrogen-bond acceptors (Lipinski definition) is 2. The molecule has 1 heterocycles. The van der Waals surface area contributed by atoms with E-state index < -0.39 is 0 Å². The Morgan fingerprint density at radius 2 is 1.88 bits per heavy atom. The average Bonchev–Trinajstić information content (AvgIpc) is 2.31. The van der Waals surface area contributed by atoms with Crippen molar-refractivity contribution in [3.63, 3.8) is 0 Å². The summed E-state index contributed by atoms with van der Waals surface area (Å²) in [5.74, 6) is 0.787. The predicted octanol–water partition coefficient (Wildman–Crippen LogP) is 2.99. The van der Waals surface area contributed by atoms with Gasteiger partial charge in [0.05, 0.1) is 0 Å². The molecule has 16 heavy (non-hydrogen) atoms. The molecule has 1 fully saturated rings. The van der Waals surface area contributed by atoms with Gasteiger partial charge in [-0.05, 0) is 25.7 Å². The van der Waals surface area contributed by atoms with Gasteiger partial charge in [-0.2, -0.15) is 0 Å². The molecule has 0 atom stereocenters. The normalized spacial score (nSPS) is 17.3. The van der Waals surface area contributed by atoms with Gasteiger partial charge in [0.15, 0.2) is 5.78 Å². The van der Waals surface area contributed by atoms with Crippen LogP contribution in [0.1, 0.15) is 35.2 Å². The lowest BCUT2D eigenvalue weighted by molar-refractivity contribution is 0.0601. The maximum Gasteiger partial charge on any atom is 0.163 e. The smallest absolute Gasteiger partial charge is 0.163 e. The van der Waals surface area contributed by atoms with Crippen molar-refractivity contribution in [2.24, 2.45) is 5.92 Å². The molecule has 1 aromatic rings. The largest absolute Gasteiger partial charge is 0.381 e. The minimum absolute atomic E-state index is 0.270. The molecule has 1 saturated heterocycles. The molecule has 0 N–H and O–H groups in total. The number of Topliss-reactive ketones (excluding diaryl/α,β-unsaturated/α-hetero) is 1. The van der Waals surface area contributed by atoms with Crippen LogP contribution in [0, 0.1) is 12.8 Å². The van der Waals surface area contributed by atoms with E-state index in [1.54, 1.807) is 0 Å². The molecule has 0 spiro atoms. The summed E-state index contributed by atoms with van der Waals surface area (Å²) < 4.78 is 5.29. The number of benzene rings is 1. The average molecular weight is 218 g/mol. The minimum atomic E-state index is 0.270. The maximum atomic E-state index is 12.0. The van der Waals surface area contributed by atoms with Crippen LogP contribution in [0.4, 0.5) is 0 Å². The van der Waals surface area contributed by atoms with Crippen molar-refractivity contribution in [1.82, 2.24) is 0 Å². The third-order valence-electron chi connectivity index (χ3n) is 3.19. The lowest BCUT2D eigenvalue weighted by atomic mass is 9.92. The van der Waals surface area contributed by atoms with E-state index in [1.165, 1.54) is 5.56 Å². The number of aryl methyl sites for hydroxylation is 1. The first-order valence-electron chi connectivity index (χ1n) is 5.93. The lowest BCUT2D eigenvalue weighted by Crippen LogP contribution is -2.18. The molecule has 2 heteroatoms. The summed E-state index contributed by atoms with van der Waals surface area (Å²) in [7, 11) is 0. The zero-order valence-electron chi connectivity index (χ0n) is 9.74. The molecule has 1 aliphatic heterocycles. The van der Waals surface area contributed by atoms with Crippen LogP contribution in [0.3, 0.4) is 0 Å². The molecule has 2 nitrogen and oxygen atoms in total. The highest BCUT2D eigenvalue weighted by Gasteiger charge is 2.18. The fraction of sp³-hybridized carbons (Fsp3) is 0.500. The molecule has 2 rings (SSSR count). The minimum Gasteiger partial charge on any atom is -0.381 e. The molecule has 0 unspecified atom stereocenters. The van der Waals surface area contributed by atoms with Crippen molar-refractivity contribution < 1.29 is 9.53 Å². The van der Waals surface area contributed by atoms with Gasteiger partial charge in [0.25, 0.3) is 0 Å². The monoisotopic (exact) mass is 218 g/mol. The van der Waals surface area contributed by atoms with Crippen LogP contribution < -0.4 is 0 Å². The summed E-state index contributed by atoms with van der Waals surface area (Å²) in [6.07, 6.45) is 2.72. The highest BCUT2D eigenvalue weighted by atomic mass is 16.5. The van der Waals surface area contributed by atoms with Crippen LogP contribution in [0.5, 0.6) is 0 Å². The Morgan fingerprint density at radius 1 is 1.25 bits per heavy atom. The summed E-state index contributed by atoms with van der Waals surface area (Å²) in [5.41, 5.74) is 2.04. The lowest BCUT2D eigenvalue weighted by Gasteiger charge is -2.21. The van der Waals surface area contributed by atoms with Crippen LogP contribution in [0.25, 0.3) is 0 Å². The maximum absolute atomic E-state index is 12.0. The van der Waals surface area contributed by atoms with Gasteiger partial charge in [-0.1, -0.05) is 29.8 Å². The molecular weight excluding hydrogens is 200 g/mol. The first-order valence-corrected chi connectivity index (χ1v) is 5.93. The Morgan fingerprint density at radius 3 is 2.50 bits per heavy atom. The van der Waals surface area contributed by atoms with Gasteiger partial charge < -0.3 is 4.74 Å². The third kappa shape index (κ3) is 2.92. The molecule has 0 amide bonds. The molecule has 0 radical (unpaired) electrons. The van der Waals surface area contributed by atoms with Crippen molar-refractivity contribution in [3.8, 4) is 0 Å². The third-order valence-corrected chi connectivity index (χ3v) is 3.19. The van der Waals surface area contributed by atoms with Crippen LogP contribution in [0.2, 0.25) is 0 Å². The fourth-order valence-corrected chi connectivity index (χ4v) is 2.07. The SMILES string of the molecule is Cc1ccc(C(=O)CC2CCOCC2)cc1. The van der Waals surface area contributed by atoms with Crippen molar-refractivity contribution in [2.45, 2.75) is 26.2 Å². The van der Waals surface area contributed by atoms with E-state index in [0.717, 1.165) is 31.6 Å². The highest BCUT2D eigenvalue weighted by Crippen LogP contribution is 2.20. The second kappa shape index (κ2) is 5.26. The Bertz CT molecular complexity index is 348. The Balaban J connectivity index is 1.94. The van der Waals surface area contributed by atoms with Gasteiger partial charge in [-0.15, -0.1) is 0 Å². The van der Waals surface area contributed by atoms with E-state index >= 15 is 0 Å². The fourth-order valence-electron chi connectivity index (χ4n) is 2.07. The van der Waals surface area contributed by atoms with E-state index in [0.29, 0.717) is 12.3 Å². The number of ketones is 1. The van der Waals surface area contributed by atoms with E-state index in [2.05, 4.69) is 0 Å². The van der Waals surface area contributed by atoms with Crippen molar-refractivity contribution >= 4 is 5.78 Å². The van der Waals surface area contributed by atoms with E-state index in [-0.39, 0.29) is 5.78 Å². The molecule has 0 aromatic heterocycles. The van der Waals surface area contributed by atoms with Crippen molar-refractivity contribution in [2.75, 3.05) is 13.2 Å². The number of ether oxygens (including phenoxy) is 1. The zero-order valence-corrected chi connectivity index (χ0v) is 9.74. The summed E-state index contributed by atoms with van der Waals surface area (Å²) in [6, 6.07) is 7.85. The van der Waals surface area contributed by atoms with Crippen LogP contribution in [-0.2, 0) is 4.74 Å². The van der Waals surface area contributed by atoms with Crippen LogP contribution >= 0.6 is 0 Å². The molecule has 0 bridgehead atoms. The summed E-state index contributed by atoms with van der Waals surface area (Å²) in [5, 5.41) is 0. The van der Waals surface area contributed by atoms with Crippen molar-refractivity contribution in [1.29, 1.82) is 0 Å². The number of carbonyl (C=O) groups is 1. The van der Waals surface area contributed by atoms with Gasteiger partial charge in [0.1, 0.15) is 0 Å². The highest BCUT2D eigenvalue weighted by molar-refractivity contribution is 5.96.